The maximum atomic E-state index is 5.74. The van der Waals surface area contributed by atoms with Crippen LogP contribution in [0.15, 0.2) is 35.1 Å². The molecule has 3 aromatic heterocycles. The summed E-state index contributed by atoms with van der Waals surface area (Å²) >= 11 is 0. The average Bonchev–Trinajstić information content (AvgIpc) is 3.19. The summed E-state index contributed by atoms with van der Waals surface area (Å²) in [4.78, 5) is 4.42. The third kappa shape index (κ3) is 1.98. The average molecular weight is 307 g/mol. The Balaban J connectivity index is 2.11. The SMILES string of the molecule is Cc1nc(C)n(-c2c(C)c(-c3ccnn3C)cc3ccoc23)n1. The lowest BCUT2D eigenvalue weighted by Gasteiger charge is -2.13. The fraction of sp³-hybridized carbons (Fsp3) is 0.235. The van der Waals surface area contributed by atoms with Gasteiger partial charge in [-0.3, -0.25) is 4.68 Å². The van der Waals surface area contributed by atoms with E-state index >= 15 is 0 Å². The standard InChI is InChI=1S/C17H17N5O/c1-10-14(15-5-7-18-21(15)4)9-13-6-8-23-17(13)16(10)22-12(3)19-11(2)20-22/h5-9H,1-4H3. The number of aromatic nitrogens is 5. The van der Waals surface area contributed by atoms with Crippen molar-refractivity contribution < 1.29 is 4.42 Å². The Morgan fingerprint density at radius 1 is 1.13 bits per heavy atom. The molecule has 0 fully saturated rings. The van der Waals surface area contributed by atoms with Crippen molar-refractivity contribution in [2.75, 3.05) is 0 Å². The minimum Gasteiger partial charge on any atom is -0.462 e. The van der Waals surface area contributed by atoms with Gasteiger partial charge in [0.15, 0.2) is 5.58 Å². The van der Waals surface area contributed by atoms with E-state index in [1.165, 1.54) is 0 Å². The molecule has 0 aliphatic heterocycles. The van der Waals surface area contributed by atoms with Crippen LogP contribution in [0.1, 0.15) is 17.2 Å². The van der Waals surface area contributed by atoms with Crippen molar-refractivity contribution in [3.8, 4) is 16.9 Å². The maximum absolute atomic E-state index is 5.74. The number of furan rings is 1. The Morgan fingerprint density at radius 2 is 1.96 bits per heavy atom. The number of aryl methyl sites for hydroxylation is 3. The molecule has 0 bridgehead atoms. The van der Waals surface area contributed by atoms with Crippen molar-refractivity contribution in [2.45, 2.75) is 20.8 Å². The van der Waals surface area contributed by atoms with Crippen molar-refractivity contribution in [2.24, 2.45) is 7.05 Å². The molecule has 1 aromatic carbocycles. The van der Waals surface area contributed by atoms with E-state index < -0.39 is 0 Å². The number of benzene rings is 1. The third-order valence-electron chi connectivity index (χ3n) is 4.15. The molecule has 0 saturated carbocycles. The van der Waals surface area contributed by atoms with Crippen molar-refractivity contribution in [1.82, 2.24) is 24.5 Å². The van der Waals surface area contributed by atoms with Crippen LogP contribution in [0.4, 0.5) is 0 Å². The molecule has 4 rings (SSSR count). The Morgan fingerprint density at radius 3 is 2.61 bits per heavy atom. The molecule has 0 amide bonds. The van der Waals surface area contributed by atoms with E-state index in [0.29, 0.717) is 0 Å². The van der Waals surface area contributed by atoms with Crippen LogP contribution < -0.4 is 0 Å². The maximum Gasteiger partial charge on any atom is 0.159 e. The number of hydrogen-bond acceptors (Lipinski definition) is 4. The zero-order valence-electron chi connectivity index (χ0n) is 13.5. The lowest BCUT2D eigenvalue weighted by atomic mass is 10.0. The van der Waals surface area contributed by atoms with Gasteiger partial charge >= 0.3 is 0 Å². The van der Waals surface area contributed by atoms with Crippen LogP contribution >= 0.6 is 0 Å². The van der Waals surface area contributed by atoms with Crippen molar-refractivity contribution >= 4 is 11.0 Å². The van der Waals surface area contributed by atoms with Gasteiger partial charge in [-0.05, 0) is 44.5 Å². The lowest BCUT2D eigenvalue weighted by Crippen LogP contribution is -2.05. The first-order chi connectivity index (χ1) is 11.1. The number of fused-ring (bicyclic) bond motifs is 1. The normalized spacial score (nSPS) is 11.5. The molecule has 6 heteroatoms. The van der Waals surface area contributed by atoms with Gasteiger partial charge in [0.2, 0.25) is 0 Å². The summed E-state index contributed by atoms with van der Waals surface area (Å²) in [5.41, 5.74) is 5.01. The van der Waals surface area contributed by atoms with Gasteiger partial charge in [0.1, 0.15) is 17.3 Å². The predicted molar refractivity (Wildman–Crippen MR) is 87.5 cm³/mol. The summed E-state index contributed by atoms with van der Waals surface area (Å²) in [5, 5.41) is 9.86. The van der Waals surface area contributed by atoms with E-state index in [1.807, 2.05) is 42.4 Å². The van der Waals surface area contributed by atoms with Gasteiger partial charge in [-0.1, -0.05) is 0 Å². The molecule has 23 heavy (non-hydrogen) atoms. The highest BCUT2D eigenvalue weighted by Gasteiger charge is 2.19. The first-order valence-corrected chi connectivity index (χ1v) is 7.46. The van der Waals surface area contributed by atoms with Crippen LogP contribution in [0.25, 0.3) is 27.9 Å². The summed E-state index contributed by atoms with van der Waals surface area (Å²) in [6.07, 6.45) is 3.51. The second-order valence-electron chi connectivity index (χ2n) is 5.69. The van der Waals surface area contributed by atoms with E-state index in [4.69, 9.17) is 4.42 Å². The molecule has 0 saturated heterocycles. The predicted octanol–water partition coefficient (Wildman–Crippen LogP) is 3.34. The topological polar surface area (TPSA) is 61.7 Å². The molecule has 0 radical (unpaired) electrons. The molecule has 0 aliphatic carbocycles. The van der Waals surface area contributed by atoms with Gasteiger partial charge in [-0.15, -0.1) is 0 Å². The van der Waals surface area contributed by atoms with Gasteiger partial charge in [0.25, 0.3) is 0 Å². The molecule has 116 valence electrons. The van der Waals surface area contributed by atoms with Crippen LogP contribution in [0, 0.1) is 20.8 Å². The van der Waals surface area contributed by atoms with Crippen LogP contribution in [-0.4, -0.2) is 24.5 Å². The molecule has 6 nitrogen and oxygen atoms in total. The van der Waals surface area contributed by atoms with Crippen LogP contribution in [0.5, 0.6) is 0 Å². The summed E-state index contributed by atoms with van der Waals surface area (Å²) in [7, 11) is 1.94. The Bertz CT molecular complexity index is 1020. The van der Waals surface area contributed by atoms with E-state index in [-0.39, 0.29) is 0 Å². The summed E-state index contributed by atoms with van der Waals surface area (Å²) < 4.78 is 9.47. The zero-order valence-corrected chi connectivity index (χ0v) is 13.5. The van der Waals surface area contributed by atoms with E-state index in [2.05, 4.69) is 28.2 Å². The van der Waals surface area contributed by atoms with Gasteiger partial charge < -0.3 is 4.42 Å². The molecule has 3 heterocycles. The van der Waals surface area contributed by atoms with Crippen molar-refractivity contribution in [3.63, 3.8) is 0 Å². The minimum atomic E-state index is 0.743. The van der Waals surface area contributed by atoms with Crippen molar-refractivity contribution in [3.05, 3.63) is 47.9 Å². The largest absolute Gasteiger partial charge is 0.462 e. The van der Waals surface area contributed by atoms with Crippen LogP contribution in [0.2, 0.25) is 0 Å². The zero-order chi connectivity index (χ0) is 16.1. The second-order valence-corrected chi connectivity index (χ2v) is 5.69. The van der Waals surface area contributed by atoms with Gasteiger partial charge in [-0.25, -0.2) is 9.67 Å². The Hall–Kier alpha value is -2.89. The highest BCUT2D eigenvalue weighted by Crippen LogP contribution is 2.35. The summed E-state index contributed by atoms with van der Waals surface area (Å²) in [6, 6.07) is 6.11. The van der Waals surface area contributed by atoms with Crippen LogP contribution in [0.3, 0.4) is 0 Å². The fourth-order valence-corrected chi connectivity index (χ4v) is 3.08. The molecule has 4 aromatic rings. The van der Waals surface area contributed by atoms with Gasteiger partial charge in [0.05, 0.1) is 12.0 Å². The smallest absolute Gasteiger partial charge is 0.159 e. The molecule has 0 N–H and O–H groups in total. The molecular formula is C17H17N5O. The third-order valence-corrected chi connectivity index (χ3v) is 4.15. The first kappa shape index (κ1) is 13.8. The lowest BCUT2D eigenvalue weighted by molar-refractivity contribution is 0.609. The Kier molecular flexibility index (Phi) is 2.87. The quantitative estimate of drug-likeness (QED) is 0.570. The number of nitrogens with zero attached hydrogens (tertiary/aromatic N) is 5. The molecule has 0 spiro atoms. The fourth-order valence-electron chi connectivity index (χ4n) is 3.08. The highest BCUT2D eigenvalue weighted by atomic mass is 16.3. The highest BCUT2D eigenvalue weighted by molar-refractivity contribution is 5.92. The Labute approximate surface area is 133 Å². The van der Waals surface area contributed by atoms with Crippen molar-refractivity contribution in [1.29, 1.82) is 0 Å². The molecule has 0 aliphatic rings. The van der Waals surface area contributed by atoms with Crippen LogP contribution in [-0.2, 0) is 7.05 Å². The minimum absolute atomic E-state index is 0.743. The second kappa shape index (κ2) is 4.81. The van der Waals surface area contributed by atoms with Gasteiger partial charge in [0, 0.05) is 24.2 Å². The molecule has 0 unspecified atom stereocenters. The van der Waals surface area contributed by atoms with E-state index in [1.54, 1.807) is 12.5 Å². The number of hydrogen-bond donors (Lipinski definition) is 0. The number of rotatable bonds is 2. The molecular weight excluding hydrogens is 290 g/mol. The van der Waals surface area contributed by atoms with Gasteiger partial charge in [-0.2, -0.15) is 10.2 Å². The van der Waals surface area contributed by atoms with E-state index in [0.717, 1.165) is 45.1 Å². The summed E-state index contributed by atoms with van der Waals surface area (Å²) in [5.74, 6) is 1.58. The first-order valence-electron chi connectivity index (χ1n) is 7.46. The summed E-state index contributed by atoms with van der Waals surface area (Å²) in [6.45, 7) is 5.92. The van der Waals surface area contributed by atoms with E-state index in [9.17, 15) is 0 Å². The monoisotopic (exact) mass is 307 g/mol. The molecule has 0 atom stereocenters.